The van der Waals surface area contributed by atoms with Gasteiger partial charge >= 0.3 is 0 Å². The van der Waals surface area contributed by atoms with Crippen molar-refractivity contribution >= 4 is 5.78 Å². The van der Waals surface area contributed by atoms with Crippen LogP contribution in [0.15, 0.2) is 58.0 Å². The lowest BCUT2D eigenvalue weighted by molar-refractivity contribution is -0.119. The standard InChI is InChI=1S/C25H38O3/c1-19(2)16-24(26)17-22(5)11-7-9-20(3)8-6-10-21(4)12-13-25(27)23-14-15-28-18-23/h8,11-12,14-15,18-19,25,27H,6-7,9-10,13,16-17H2,1-5H3/b20-8+,21-12+,22-11+/t25-/m0/s1. The highest BCUT2D eigenvalue weighted by atomic mass is 16.3. The Bertz CT molecular complexity index is 660. The fraction of sp³-hybridized carbons (Fsp3) is 0.560. The summed E-state index contributed by atoms with van der Waals surface area (Å²) in [7, 11) is 0. The first-order valence-electron chi connectivity index (χ1n) is 10.5. The van der Waals surface area contributed by atoms with Crippen molar-refractivity contribution in [3.05, 3.63) is 59.1 Å². The average Bonchev–Trinajstić information content (AvgIpc) is 3.13. The zero-order valence-corrected chi connectivity index (χ0v) is 18.3. The van der Waals surface area contributed by atoms with Crippen molar-refractivity contribution in [2.24, 2.45) is 5.92 Å². The normalized spacial score (nSPS) is 14.6. The molecule has 0 aliphatic heterocycles. The first kappa shape index (κ1) is 24.2. The molecule has 1 heterocycles. The Labute approximate surface area is 171 Å². The predicted molar refractivity (Wildman–Crippen MR) is 117 cm³/mol. The highest BCUT2D eigenvalue weighted by molar-refractivity contribution is 5.80. The molecule has 1 N–H and O–H groups in total. The summed E-state index contributed by atoms with van der Waals surface area (Å²) >= 11 is 0. The van der Waals surface area contributed by atoms with Crippen molar-refractivity contribution in [1.82, 2.24) is 0 Å². The van der Waals surface area contributed by atoms with E-state index in [1.54, 1.807) is 18.6 Å². The molecule has 1 atom stereocenters. The summed E-state index contributed by atoms with van der Waals surface area (Å²) in [6.07, 6.45) is 15.3. The fourth-order valence-electron chi connectivity index (χ4n) is 3.12. The van der Waals surface area contributed by atoms with E-state index in [2.05, 4.69) is 52.8 Å². The van der Waals surface area contributed by atoms with Crippen LogP contribution in [0, 0.1) is 5.92 Å². The molecule has 3 heteroatoms. The topological polar surface area (TPSA) is 50.4 Å². The Kier molecular flexibility index (Phi) is 11.5. The van der Waals surface area contributed by atoms with Gasteiger partial charge in [-0.25, -0.2) is 0 Å². The molecular formula is C25H38O3. The van der Waals surface area contributed by atoms with Crippen molar-refractivity contribution in [1.29, 1.82) is 0 Å². The molecule has 0 aliphatic rings. The second-order valence-electron chi connectivity index (χ2n) is 8.35. The molecule has 1 aromatic heterocycles. The van der Waals surface area contributed by atoms with E-state index in [0.29, 0.717) is 31.0 Å². The molecule has 28 heavy (non-hydrogen) atoms. The van der Waals surface area contributed by atoms with Crippen LogP contribution in [0.4, 0.5) is 0 Å². The zero-order valence-electron chi connectivity index (χ0n) is 18.3. The van der Waals surface area contributed by atoms with Crippen LogP contribution in [0.25, 0.3) is 0 Å². The number of aliphatic hydroxyl groups excluding tert-OH is 1. The number of carbonyl (C=O) groups is 1. The maximum atomic E-state index is 11.9. The van der Waals surface area contributed by atoms with E-state index in [9.17, 15) is 9.90 Å². The summed E-state index contributed by atoms with van der Waals surface area (Å²) in [5.74, 6) is 0.785. The smallest absolute Gasteiger partial charge is 0.137 e. The molecule has 0 bridgehead atoms. The number of hydrogen-bond donors (Lipinski definition) is 1. The van der Waals surface area contributed by atoms with Crippen molar-refractivity contribution in [3.63, 3.8) is 0 Å². The molecule has 3 nitrogen and oxygen atoms in total. The number of carbonyl (C=O) groups excluding carboxylic acids is 1. The number of allylic oxidation sites excluding steroid dienone is 5. The summed E-state index contributed by atoms with van der Waals surface area (Å²) < 4.78 is 5.01. The minimum Gasteiger partial charge on any atom is -0.472 e. The minimum absolute atomic E-state index is 0.344. The van der Waals surface area contributed by atoms with Gasteiger partial charge in [0.1, 0.15) is 5.78 Å². The molecule has 1 aromatic rings. The Morgan fingerprint density at radius 1 is 1.04 bits per heavy atom. The Morgan fingerprint density at radius 3 is 2.21 bits per heavy atom. The monoisotopic (exact) mass is 386 g/mol. The van der Waals surface area contributed by atoms with Gasteiger partial charge in [0.25, 0.3) is 0 Å². The van der Waals surface area contributed by atoms with Gasteiger partial charge in [0.15, 0.2) is 0 Å². The van der Waals surface area contributed by atoms with E-state index in [-0.39, 0.29) is 0 Å². The third-order valence-electron chi connectivity index (χ3n) is 4.79. The molecule has 0 aliphatic carbocycles. The number of furan rings is 1. The van der Waals surface area contributed by atoms with Crippen LogP contribution in [0.5, 0.6) is 0 Å². The minimum atomic E-state index is -0.492. The van der Waals surface area contributed by atoms with Crippen LogP contribution in [0.3, 0.4) is 0 Å². The van der Waals surface area contributed by atoms with E-state index in [4.69, 9.17) is 4.42 Å². The maximum absolute atomic E-state index is 11.9. The number of aliphatic hydroxyl groups is 1. The van der Waals surface area contributed by atoms with Crippen LogP contribution in [0.1, 0.15) is 91.2 Å². The average molecular weight is 387 g/mol. The van der Waals surface area contributed by atoms with Gasteiger partial charge in [-0.3, -0.25) is 4.79 Å². The number of Topliss-reactive ketones (excluding diaryl/α,β-unsaturated/α-hetero) is 1. The fourth-order valence-corrected chi connectivity index (χ4v) is 3.12. The molecule has 0 radical (unpaired) electrons. The highest BCUT2D eigenvalue weighted by Crippen LogP contribution is 2.19. The summed E-state index contributed by atoms with van der Waals surface area (Å²) in [6, 6.07) is 1.80. The molecule has 0 fully saturated rings. The van der Waals surface area contributed by atoms with Gasteiger partial charge in [0.05, 0.1) is 18.6 Å². The molecule has 0 spiro atoms. The molecule has 0 saturated carbocycles. The molecule has 1 rings (SSSR count). The molecule has 0 saturated heterocycles. The summed E-state index contributed by atoms with van der Waals surface area (Å²) in [5, 5.41) is 10.1. The second kappa shape index (κ2) is 13.3. The van der Waals surface area contributed by atoms with Crippen molar-refractivity contribution in [2.45, 2.75) is 85.7 Å². The van der Waals surface area contributed by atoms with Gasteiger partial charge in [0, 0.05) is 18.4 Å². The van der Waals surface area contributed by atoms with E-state index in [1.165, 1.54) is 16.7 Å². The van der Waals surface area contributed by atoms with Crippen LogP contribution in [-0.2, 0) is 4.79 Å². The van der Waals surface area contributed by atoms with Crippen molar-refractivity contribution in [2.75, 3.05) is 0 Å². The third-order valence-corrected chi connectivity index (χ3v) is 4.79. The molecule has 156 valence electrons. The van der Waals surface area contributed by atoms with Crippen LogP contribution < -0.4 is 0 Å². The lowest BCUT2D eigenvalue weighted by Gasteiger charge is -2.06. The lowest BCUT2D eigenvalue weighted by atomic mass is 10.0. The first-order valence-corrected chi connectivity index (χ1v) is 10.5. The van der Waals surface area contributed by atoms with Crippen LogP contribution in [0.2, 0.25) is 0 Å². The molecule has 0 unspecified atom stereocenters. The van der Waals surface area contributed by atoms with E-state index in [0.717, 1.165) is 31.2 Å². The first-order chi connectivity index (χ1) is 13.3. The van der Waals surface area contributed by atoms with Gasteiger partial charge in [-0.2, -0.15) is 0 Å². The summed E-state index contributed by atoms with van der Waals surface area (Å²) in [4.78, 5) is 11.9. The SMILES string of the molecule is C/C(=C\CC/C(C)=C/C[C@H](O)c1ccoc1)CC/C=C(\C)CC(=O)CC(C)C. The molecule has 0 aromatic carbocycles. The Hall–Kier alpha value is -1.87. The maximum Gasteiger partial charge on any atom is 0.137 e. The highest BCUT2D eigenvalue weighted by Gasteiger charge is 2.07. The quantitative estimate of drug-likeness (QED) is 0.368. The number of rotatable bonds is 13. The number of ketones is 1. The van der Waals surface area contributed by atoms with Crippen molar-refractivity contribution < 1.29 is 14.3 Å². The van der Waals surface area contributed by atoms with E-state index in [1.807, 2.05) is 0 Å². The summed E-state index contributed by atoms with van der Waals surface area (Å²) in [6.45, 7) is 10.5. The van der Waals surface area contributed by atoms with Crippen molar-refractivity contribution in [3.8, 4) is 0 Å². The van der Waals surface area contributed by atoms with Gasteiger partial charge in [-0.1, -0.05) is 48.8 Å². The Balaban J connectivity index is 2.27. The van der Waals surface area contributed by atoms with Gasteiger partial charge in [-0.05, 0) is 64.9 Å². The zero-order chi connectivity index (χ0) is 20.9. The molecule has 0 amide bonds. The summed E-state index contributed by atoms with van der Waals surface area (Å²) in [5.41, 5.74) is 4.71. The van der Waals surface area contributed by atoms with Gasteiger partial charge in [-0.15, -0.1) is 0 Å². The predicted octanol–water partition coefficient (Wildman–Crippen LogP) is 7.11. The number of hydrogen-bond acceptors (Lipinski definition) is 3. The van der Waals surface area contributed by atoms with Crippen LogP contribution >= 0.6 is 0 Å². The van der Waals surface area contributed by atoms with Gasteiger partial charge in [0.2, 0.25) is 0 Å². The second-order valence-corrected chi connectivity index (χ2v) is 8.35. The van der Waals surface area contributed by atoms with Gasteiger partial charge < -0.3 is 9.52 Å². The Morgan fingerprint density at radius 2 is 1.64 bits per heavy atom. The third kappa shape index (κ3) is 11.1. The van der Waals surface area contributed by atoms with E-state index >= 15 is 0 Å². The lowest BCUT2D eigenvalue weighted by Crippen LogP contribution is -2.02. The largest absolute Gasteiger partial charge is 0.472 e. The van der Waals surface area contributed by atoms with E-state index < -0.39 is 6.10 Å². The van der Waals surface area contributed by atoms with Crippen LogP contribution in [-0.4, -0.2) is 10.9 Å². The molecular weight excluding hydrogens is 348 g/mol.